The van der Waals surface area contributed by atoms with E-state index in [9.17, 15) is 4.79 Å². The highest BCUT2D eigenvalue weighted by Gasteiger charge is 2.28. The Hall–Kier alpha value is -1.36. The smallest absolute Gasteiger partial charge is 0.227 e. The summed E-state index contributed by atoms with van der Waals surface area (Å²) in [6.45, 7) is 3.62. The number of hydrogen-bond donors (Lipinski definition) is 1. The number of aryl methyl sites for hydroxylation is 1. The van der Waals surface area contributed by atoms with Crippen LogP contribution < -0.4 is 5.73 Å². The summed E-state index contributed by atoms with van der Waals surface area (Å²) in [5.41, 5.74) is 6.75. The second-order valence-electron chi connectivity index (χ2n) is 5.31. The average molecular weight is 250 g/mol. The Balaban J connectivity index is 1.99. The van der Waals surface area contributed by atoms with Crippen LogP contribution in [-0.4, -0.2) is 39.7 Å². The molecule has 1 saturated heterocycles. The maximum Gasteiger partial charge on any atom is 0.227 e. The molecule has 1 aliphatic rings. The molecule has 5 heteroatoms. The van der Waals surface area contributed by atoms with Gasteiger partial charge >= 0.3 is 0 Å². The molecule has 18 heavy (non-hydrogen) atoms. The Morgan fingerprint density at radius 1 is 1.61 bits per heavy atom. The lowest BCUT2D eigenvalue weighted by Gasteiger charge is -2.38. The van der Waals surface area contributed by atoms with Crippen LogP contribution >= 0.6 is 0 Å². The van der Waals surface area contributed by atoms with E-state index in [0.717, 1.165) is 24.9 Å². The maximum absolute atomic E-state index is 12.3. The fraction of sp³-hybridized carbons (Fsp3) is 0.692. The first kappa shape index (κ1) is 13.1. The van der Waals surface area contributed by atoms with Crippen LogP contribution in [0.15, 0.2) is 12.4 Å². The number of likely N-dealkylation sites (tertiary alicyclic amines) is 1. The minimum atomic E-state index is 0.172. The van der Waals surface area contributed by atoms with Crippen molar-refractivity contribution in [3.05, 3.63) is 18.0 Å². The second kappa shape index (κ2) is 5.52. The van der Waals surface area contributed by atoms with Gasteiger partial charge in [-0.25, -0.2) is 0 Å². The van der Waals surface area contributed by atoms with Crippen LogP contribution in [0.3, 0.4) is 0 Å². The lowest BCUT2D eigenvalue weighted by Crippen LogP contribution is -2.49. The molecule has 1 aromatic rings. The molecule has 1 amide bonds. The van der Waals surface area contributed by atoms with Crippen molar-refractivity contribution in [2.45, 2.75) is 32.2 Å². The van der Waals surface area contributed by atoms with Gasteiger partial charge in [0.05, 0.1) is 12.6 Å². The van der Waals surface area contributed by atoms with Crippen molar-refractivity contribution in [1.82, 2.24) is 14.7 Å². The summed E-state index contributed by atoms with van der Waals surface area (Å²) in [4.78, 5) is 14.2. The van der Waals surface area contributed by atoms with E-state index in [2.05, 4.69) is 12.0 Å². The van der Waals surface area contributed by atoms with E-state index in [4.69, 9.17) is 5.73 Å². The summed E-state index contributed by atoms with van der Waals surface area (Å²) in [6.07, 6.45) is 6.17. The number of piperidine rings is 1. The number of rotatable bonds is 3. The maximum atomic E-state index is 12.3. The Kier molecular flexibility index (Phi) is 4.01. The predicted octanol–water partition coefficient (Wildman–Crippen LogP) is 0.548. The largest absolute Gasteiger partial charge is 0.338 e. The molecule has 1 fully saturated rings. The third-order valence-corrected chi connectivity index (χ3v) is 3.68. The van der Waals surface area contributed by atoms with Gasteiger partial charge < -0.3 is 10.6 Å². The van der Waals surface area contributed by atoms with Crippen molar-refractivity contribution >= 4 is 5.91 Å². The lowest BCUT2D eigenvalue weighted by molar-refractivity contribution is -0.134. The number of carbonyl (C=O) groups is 1. The highest BCUT2D eigenvalue weighted by atomic mass is 16.2. The lowest BCUT2D eigenvalue weighted by atomic mass is 9.92. The molecular formula is C13H22N4O. The van der Waals surface area contributed by atoms with E-state index >= 15 is 0 Å². The first-order valence-corrected chi connectivity index (χ1v) is 6.57. The number of hydrogen-bond acceptors (Lipinski definition) is 3. The van der Waals surface area contributed by atoms with Gasteiger partial charge in [0.25, 0.3) is 0 Å². The fourth-order valence-electron chi connectivity index (χ4n) is 2.64. The van der Waals surface area contributed by atoms with Crippen LogP contribution in [0.5, 0.6) is 0 Å². The molecule has 100 valence electrons. The van der Waals surface area contributed by atoms with Gasteiger partial charge in [-0.3, -0.25) is 9.48 Å². The highest BCUT2D eigenvalue weighted by molar-refractivity contribution is 5.79. The van der Waals surface area contributed by atoms with E-state index in [0.29, 0.717) is 18.9 Å². The Morgan fingerprint density at radius 3 is 3.00 bits per heavy atom. The van der Waals surface area contributed by atoms with E-state index in [1.165, 1.54) is 0 Å². The Bertz CT molecular complexity index is 415. The zero-order chi connectivity index (χ0) is 13.1. The normalized spacial score (nSPS) is 24.3. The molecule has 5 nitrogen and oxygen atoms in total. The van der Waals surface area contributed by atoms with Gasteiger partial charge in [-0.1, -0.05) is 6.92 Å². The summed E-state index contributed by atoms with van der Waals surface area (Å²) < 4.78 is 1.72. The Morgan fingerprint density at radius 2 is 2.39 bits per heavy atom. The fourth-order valence-corrected chi connectivity index (χ4v) is 2.64. The Labute approximate surface area is 108 Å². The summed E-state index contributed by atoms with van der Waals surface area (Å²) >= 11 is 0. The summed E-state index contributed by atoms with van der Waals surface area (Å²) in [7, 11) is 1.86. The number of amides is 1. The molecule has 1 aromatic heterocycles. The van der Waals surface area contributed by atoms with Gasteiger partial charge in [-0.2, -0.15) is 5.10 Å². The highest BCUT2D eigenvalue weighted by Crippen LogP contribution is 2.22. The van der Waals surface area contributed by atoms with Gasteiger partial charge in [0, 0.05) is 32.4 Å². The van der Waals surface area contributed by atoms with Crippen molar-refractivity contribution in [3.63, 3.8) is 0 Å². The molecule has 0 saturated carbocycles. The van der Waals surface area contributed by atoms with Crippen molar-refractivity contribution in [3.8, 4) is 0 Å². The van der Waals surface area contributed by atoms with Gasteiger partial charge in [0.1, 0.15) is 0 Å². The average Bonchev–Trinajstić information content (AvgIpc) is 2.74. The van der Waals surface area contributed by atoms with Crippen LogP contribution in [0, 0.1) is 5.92 Å². The molecule has 0 aromatic carbocycles. The molecule has 2 rings (SSSR count). The SMILES string of the molecule is CC1CCN(C(=O)Cc2cnn(C)c2)C(CN)C1. The molecule has 2 unspecified atom stereocenters. The predicted molar refractivity (Wildman–Crippen MR) is 69.9 cm³/mol. The number of carbonyl (C=O) groups excluding carboxylic acids is 1. The zero-order valence-electron chi connectivity index (χ0n) is 11.2. The van der Waals surface area contributed by atoms with Gasteiger partial charge in [-0.05, 0) is 24.3 Å². The molecule has 2 heterocycles. The van der Waals surface area contributed by atoms with E-state index in [1.807, 2.05) is 18.1 Å². The van der Waals surface area contributed by atoms with Crippen molar-refractivity contribution < 1.29 is 4.79 Å². The zero-order valence-corrected chi connectivity index (χ0v) is 11.2. The number of nitrogens with two attached hydrogens (primary N) is 1. The molecular weight excluding hydrogens is 228 g/mol. The van der Waals surface area contributed by atoms with E-state index in [1.54, 1.807) is 10.9 Å². The monoisotopic (exact) mass is 250 g/mol. The van der Waals surface area contributed by atoms with Crippen molar-refractivity contribution in [2.24, 2.45) is 18.7 Å². The third kappa shape index (κ3) is 2.90. The van der Waals surface area contributed by atoms with Crippen LogP contribution in [0.1, 0.15) is 25.3 Å². The summed E-state index contributed by atoms with van der Waals surface area (Å²) in [5, 5.41) is 4.09. The summed E-state index contributed by atoms with van der Waals surface area (Å²) in [5.74, 6) is 0.839. The molecule has 1 aliphatic heterocycles. The van der Waals surface area contributed by atoms with Gasteiger partial charge in [0.2, 0.25) is 5.91 Å². The molecule has 0 radical (unpaired) electrons. The van der Waals surface area contributed by atoms with Crippen LogP contribution in [0.4, 0.5) is 0 Å². The second-order valence-corrected chi connectivity index (χ2v) is 5.31. The molecule has 2 N–H and O–H groups in total. The van der Waals surface area contributed by atoms with Gasteiger partial charge in [-0.15, -0.1) is 0 Å². The van der Waals surface area contributed by atoms with E-state index < -0.39 is 0 Å². The number of aromatic nitrogens is 2. The van der Waals surface area contributed by atoms with Crippen molar-refractivity contribution in [2.75, 3.05) is 13.1 Å². The first-order valence-electron chi connectivity index (χ1n) is 6.57. The topological polar surface area (TPSA) is 64.2 Å². The number of nitrogens with zero attached hydrogens (tertiary/aromatic N) is 3. The third-order valence-electron chi connectivity index (χ3n) is 3.68. The summed E-state index contributed by atoms with van der Waals surface area (Å²) in [6, 6.07) is 0.206. The standard InChI is InChI=1S/C13H22N4O/c1-10-3-4-17(12(5-10)7-14)13(18)6-11-8-15-16(2)9-11/h8-10,12H,3-7,14H2,1-2H3. The molecule has 0 aliphatic carbocycles. The molecule has 2 atom stereocenters. The van der Waals surface area contributed by atoms with Crippen molar-refractivity contribution in [1.29, 1.82) is 0 Å². The van der Waals surface area contributed by atoms with Crippen LogP contribution in [-0.2, 0) is 18.3 Å². The van der Waals surface area contributed by atoms with Crippen LogP contribution in [0.25, 0.3) is 0 Å². The molecule has 0 spiro atoms. The van der Waals surface area contributed by atoms with Gasteiger partial charge in [0.15, 0.2) is 0 Å². The first-order chi connectivity index (χ1) is 8.60. The quantitative estimate of drug-likeness (QED) is 0.852. The minimum Gasteiger partial charge on any atom is -0.338 e. The van der Waals surface area contributed by atoms with Crippen LogP contribution in [0.2, 0.25) is 0 Å². The molecule has 0 bridgehead atoms. The van der Waals surface area contributed by atoms with E-state index in [-0.39, 0.29) is 11.9 Å². The minimum absolute atomic E-state index is 0.172.